The Bertz CT molecular complexity index is 454. The number of aryl methyl sites for hydroxylation is 2. The summed E-state index contributed by atoms with van der Waals surface area (Å²) in [5.74, 6) is -0.168. The van der Waals surface area contributed by atoms with Crippen molar-refractivity contribution >= 4 is 5.91 Å². The maximum absolute atomic E-state index is 11.9. The minimum atomic E-state index is -0.551. The van der Waals surface area contributed by atoms with E-state index in [1.807, 2.05) is 6.92 Å². The van der Waals surface area contributed by atoms with Crippen LogP contribution in [-0.2, 0) is 13.5 Å². The average molecular weight is 234 g/mol. The molecule has 0 bridgehead atoms. The maximum atomic E-state index is 11.9. The molecule has 0 aliphatic rings. The third-order valence-electron chi connectivity index (χ3n) is 2.48. The molecule has 1 rings (SSSR count). The summed E-state index contributed by atoms with van der Waals surface area (Å²) in [4.78, 5) is 11.9. The summed E-state index contributed by atoms with van der Waals surface area (Å²) in [5, 5.41) is 15.8. The molecule has 1 heterocycles. The van der Waals surface area contributed by atoms with E-state index in [9.17, 15) is 4.79 Å². The van der Waals surface area contributed by atoms with Crippen molar-refractivity contribution in [1.82, 2.24) is 15.1 Å². The normalized spacial score (nSPS) is 11.0. The van der Waals surface area contributed by atoms with Crippen LogP contribution in [0, 0.1) is 16.7 Å². The van der Waals surface area contributed by atoms with Crippen molar-refractivity contribution < 1.29 is 4.79 Å². The second-order valence-electron chi connectivity index (χ2n) is 4.70. The fourth-order valence-electron chi connectivity index (χ4n) is 1.42. The van der Waals surface area contributed by atoms with Crippen molar-refractivity contribution in [3.8, 4) is 6.07 Å². The van der Waals surface area contributed by atoms with Crippen LogP contribution in [0.5, 0.6) is 0 Å². The van der Waals surface area contributed by atoms with Crippen LogP contribution in [0.2, 0.25) is 0 Å². The van der Waals surface area contributed by atoms with Gasteiger partial charge in [-0.2, -0.15) is 10.4 Å². The number of nitrogens with zero attached hydrogens (tertiary/aromatic N) is 3. The molecule has 0 unspecified atom stereocenters. The van der Waals surface area contributed by atoms with Gasteiger partial charge in [0.1, 0.15) is 0 Å². The van der Waals surface area contributed by atoms with Crippen LogP contribution >= 0.6 is 0 Å². The van der Waals surface area contributed by atoms with Crippen molar-refractivity contribution in [2.24, 2.45) is 12.5 Å². The van der Waals surface area contributed by atoms with E-state index in [0.717, 1.165) is 5.69 Å². The molecule has 0 spiro atoms. The highest BCUT2D eigenvalue weighted by atomic mass is 16.1. The summed E-state index contributed by atoms with van der Waals surface area (Å²) in [6, 6.07) is 2.15. The van der Waals surface area contributed by atoms with Crippen LogP contribution in [0.3, 0.4) is 0 Å². The minimum absolute atomic E-state index is 0.168. The highest BCUT2D eigenvalue weighted by molar-refractivity contribution is 5.95. The number of hydrogen-bond donors (Lipinski definition) is 1. The summed E-state index contributed by atoms with van der Waals surface area (Å²) >= 11 is 0. The second-order valence-corrected chi connectivity index (χ2v) is 4.70. The van der Waals surface area contributed by atoms with Gasteiger partial charge >= 0.3 is 0 Å². The molecule has 0 radical (unpaired) electrons. The first-order chi connectivity index (χ1) is 7.89. The van der Waals surface area contributed by atoms with Gasteiger partial charge in [-0.05, 0) is 20.3 Å². The molecule has 92 valence electrons. The van der Waals surface area contributed by atoms with Crippen LogP contribution < -0.4 is 5.32 Å². The minimum Gasteiger partial charge on any atom is -0.350 e. The molecule has 1 amide bonds. The van der Waals surface area contributed by atoms with Gasteiger partial charge in [-0.1, -0.05) is 6.92 Å². The molecule has 17 heavy (non-hydrogen) atoms. The number of nitriles is 1. The van der Waals surface area contributed by atoms with Gasteiger partial charge in [0.15, 0.2) is 0 Å². The Morgan fingerprint density at radius 3 is 2.82 bits per heavy atom. The first-order valence-electron chi connectivity index (χ1n) is 5.61. The quantitative estimate of drug-likeness (QED) is 0.852. The number of carbonyl (C=O) groups excluding carboxylic acids is 1. The Labute approximate surface area is 101 Å². The van der Waals surface area contributed by atoms with E-state index >= 15 is 0 Å². The molecule has 0 saturated carbocycles. The summed E-state index contributed by atoms with van der Waals surface area (Å²) < 4.78 is 1.63. The highest BCUT2D eigenvalue weighted by Gasteiger charge is 2.20. The lowest BCUT2D eigenvalue weighted by atomic mass is 9.96. The number of carbonyl (C=O) groups is 1. The third-order valence-corrected chi connectivity index (χ3v) is 2.48. The molecule has 0 saturated heterocycles. The van der Waals surface area contributed by atoms with Gasteiger partial charge < -0.3 is 5.32 Å². The lowest BCUT2D eigenvalue weighted by Crippen LogP contribution is -2.33. The van der Waals surface area contributed by atoms with Gasteiger partial charge in [-0.15, -0.1) is 0 Å². The van der Waals surface area contributed by atoms with Gasteiger partial charge in [-0.3, -0.25) is 9.48 Å². The fraction of sp³-hybridized carbons (Fsp3) is 0.583. The molecule has 0 aliphatic carbocycles. The monoisotopic (exact) mass is 234 g/mol. The average Bonchev–Trinajstić information content (AvgIpc) is 2.67. The van der Waals surface area contributed by atoms with Crippen molar-refractivity contribution in [1.29, 1.82) is 5.26 Å². The number of aromatic nitrogens is 2. The molecule has 1 N–H and O–H groups in total. The van der Waals surface area contributed by atoms with Crippen molar-refractivity contribution in [2.45, 2.75) is 27.2 Å². The van der Waals surface area contributed by atoms with E-state index in [1.165, 1.54) is 0 Å². The Hall–Kier alpha value is -1.83. The SMILES string of the molecule is CCc1nn(C)cc1C(=O)NCC(C)(C)C#N. The van der Waals surface area contributed by atoms with Gasteiger partial charge in [-0.25, -0.2) is 0 Å². The molecule has 1 aromatic rings. The number of hydrogen-bond acceptors (Lipinski definition) is 3. The van der Waals surface area contributed by atoms with Crippen LogP contribution in [0.1, 0.15) is 36.8 Å². The number of rotatable bonds is 4. The summed E-state index contributed by atoms with van der Waals surface area (Å²) in [6.07, 6.45) is 2.42. The van der Waals surface area contributed by atoms with Gasteiger partial charge in [0.25, 0.3) is 5.91 Å². The van der Waals surface area contributed by atoms with E-state index in [4.69, 9.17) is 5.26 Å². The molecular formula is C12H18N4O. The lowest BCUT2D eigenvalue weighted by Gasteiger charge is -2.15. The molecular weight excluding hydrogens is 216 g/mol. The molecule has 5 nitrogen and oxygen atoms in total. The van der Waals surface area contributed by atoms with Crippen LogP contribution in [0.25, 0.3) is 0 Å². The van der Waals surface area contributed by atoms with E-state index < -0.39 is 5.41 Å². The standard InChI is InChI=1S/C12H18N4O/c1-5-10-9(6-16(4)15-10)11(17)14-8-12(2,3)7-13/h6H,5,8H2,1-4H3,(H,14,17). The molecule has 0 atom stereocenters. The fourth-order valence-corrected chi connectivity index (χ4v) is 1.42. The van der Waals surface area contributed by atoms with Crippen LogP contribution in [0.4, 0.5) is 0 Å². The zero-order valence-corrected chi connectivity index (χ0v) is 10.7. The first kappa shape index (κ1) is 13.2. The predicted octanol–water partition coefficient (Wildman–Crippen LogP) is 1.26. The Kier molecular flexibility index (Phi) is 3.89. The van der Waals surface area contributed by atoms with E-state index in [2.05, 4.69) is 16.5 Å². The first-order valence-corrected chi connectivity index (χ1v) is 5.61. The zero-order valence-electron chi connectivity index (χ0n) is 10.7. The molecule has 0 aromatic carbocycles. The lowest BCUT2D eigenvalue weighted by molar-refractivity contribution is 0.0943. The molecule has 5 heteroatoms. The van der Waals surface area contributed by atoms with Crippen molar-refractivity contribution in [3.05, 3.63) is 17.5 Å². The van der Waals surface area contributed by atoms with Gasteiger partial charge in [0.05, 0.1) is 22.7 Å². The molecule has 1 aromatic heterocycles. The summed E-state index contributed by atoms with van der Waals surface area (Å²) in [7, 11) is 1.79. The number of amides is 1. The maximum Gasteiger partial charge on any atom is 0.254 e. The van der Waals surface area contributed by atoms with E-state index in [0.29, 0.717) is 18.5 Å². The topological polar surface area (TPSA) is 70.7 Å². The summed E-state index contributed by atoms with van der Waals surface area (Å²) in [5.41, 5.74) is 0.813. The van der Waals surface area contributed by atoms with Crippen molar-refractivity contribution in [2.75, 3.05) is 6.54 Å². The number of nitrogens with one attached hydrogen (secondary N) is 1. The molecule has 0 aliphatic heterocycles. The van der Waals surface area contributed by atoms with E-state index in [-0.39, 0.29) is 5.91 Å². The Morgan fingerprint density at radius 1 is 1.65 bits per heavy atom. The Balaban J connectivity index is 2.74. The predicted molar refractivity (Wildman–Crippen MR) is 64.3 cm³/mol. The molecule has 0 fully saturated rings. The Morgan fingerprint density at radius 2 is 2.29 bits per heavy atom. The largest absolute Gasteiger partial charge is 0.350 e. The van der Waals surface area contributed by atoms with Crippen LogP contribution in [0.15, 0.2) is 6.20 Å². The van der Waals surface area contributed by atoms with Crippen LogP contribution in [-0.4, -0.2) is 22.2 Å². The third kappa shape index (κ3) is 3.31. The van der Waals surface area contributed by atoms with Gasteiger partial charge in [0.2, 0.25) is 0 Å². The van der Waals surface area contributed by atoms with E-state index in [1.54, 1.807) is 31.8 Å². The second kappa shape index (κ2) is 5.00. The smallest absolute Gasteiger partial charge is 0.254 e. The zero-order chi connectivity index (χ0) is 13.1. The highest BCUT2D eigenvalue weighted by Crippen LogP contribution is 2.12. The van der Waals surface area contributed by atoms with Gasteiger partial charge in [0, 0.05) is 19.8 Å². The van der Waals surface area contributed by atoms with Crippen molar-refractivity contribution in [3.63, 3.8) is 0 Å². The summed E-state index contributed by atoms with van der Waals surface area (Å²) in [6.45, 7) is 5.87.